The zero-order valence-corrected chi connectivity index (χ0v) is 38.0. The maximum absolute atomic E-state index is 14.7. The number of allylic oxidation sites excluding steroid dienone is 1. The fourth-order valence-corrected chi connectivity index (χ4v) is 9.20. The van der Waals surface area contributed by atoms with Crippen molar-refractivity contribution in [3.8, 4) is 17.3 Å². The summed E-state index contributed by atoms with van der Waals surface area (Å²) in [6.07, 6.45) is 5.60. The number of alkyl carbamates (subject to hydrolysis) is 1. The SMILES string of the molecule is CC(C)n1c(O[C@@H]2C[C@H]3C(=O)N[C@]4(C(=O)NS(=O)(=O)N(C)C)C[C@H]4/C=C\CCCCC[C@H](NC(=O)OC(C)(C)C)C(=O)N3C2)nc2c(-c3csc(C(C)(C)C)n3)cccc21. The molecule has 0 bridgehead atoms. The van der Waals surface area contributed by atoms with Gasteiger partial charge in [-0.05, 0) is 66.4 Å². The molecule has 4 amide bonds. The summed E-state index contributed by atoms with van der Waals surface area (Å²) in [5, 5.41) is 8.67. The number of carbonyl (C=O) groups excluding carboxylic acids is 4. The molecule has 0 radical (unpaired) electrons. The Balaban J connectivity index is 1.36. The van der Waals surface area contributed by atoms with Crippen molar-refractivity contribution in [1.29, 1.82) is 0 Å². The van der Waals surface area contributed by atoms with Crippen LogP contribution in [0.25, 0.3) is 22.3 Å². The van der Waals surface area contributed by atoms with Gasteiger partial charge in [0, 0.05) is 48.8 Å². The molecule has 6 rings (SSSR count). The van der Waals surface area contributed by atoms with Crippen LogP contribution in [-0.4, -0.2) is 106 Å². The van der Waals surface area contributed by atoms with E-state index in [1.807, 2.05) is 54.1 Å². The van der Waals surface area contributed by atoms with Gasteiger partial charge in [0.15, 0.2) is 0 Å². The average Bonchev–Trinajstić information content (AvgIpc) is 3.51. The van der Waals surface area contributed by atoms with Crippen LogP contribution in [0.3, 0.4) is 0 Å². The Labute approximate surface area is 357 Å². The molecule has 60 heavy (non-hydrogen) atoms. The second kappa shape index (κ2) is 17.1. The zero-order chi connectivity index (χ0) is 43.9. The van der Waals surface area contributed by atoms with E-state index in [-0.39, 0.29) is 30.8 Å². The predicted molar refractivity (Wildman–Crippen MR) is 230 cm³/mol. The van der Waals surface area contributed by atoms with E-state index in [1.165, 1.54) is 19.0 Å². The van der Waals surface area contributed by atoms with Crippen LogP contribution in [0.1, 0.15) is 111 Å². The molecule has 5 atom stereocenters. The van der Waals surface area contributed by atoms with E-state index in [4.69, 9.17) is 19.4 Å². The largest absolute Gasteiger partial charge is 0.459 e. The Bertz CT molecular complexity index is 2250. The highest BCUT2D eigenvalue weighted by Gasteiger charge is 2.62. The van der Waals surface area contributed by atoms with Gasteiger partial charge >= 0.3 is 16.3 Å². The molecule has 2 aromatic heterocycles. The molecule has 0 spiro atoms. The number of para-hydroxylation sites is 1. The van der Waals surface area contributed by atoms with Gasteiger partial charge in [0.2, 0.25) is 11.8 Å². The minimum absolute atomic E-state index is 0.0279. The maximum atomic E-state index is 14.7. The summed E-state index contributed by atoms with van der Waals surface area (Å²) in [5.41, 5.74) is 0.670. The highest BCUT2D eigenvalue weighted by molar-refractivity contribution is 7.87. The van der Waals surface area contributed by atoms with Gasteiger partial charge in [-0.2, -0.15) is 17.7 Å². The first-order valence-electron chi connectivity index (χ1n) is 20.7. The summed E-state index contributed by atoms with van der Waals surface area (Å²) >= 11 is 1.59. The van der Waals surface area contributed by atoms with Crippen LogP contribution in [0.4, 0.5) is 4.79 Å². The summed E-state index contributed by atoms with van der Waals surface area (Å²) in [6, 6.07) is 3.96. The number of imidazole rings is 1. The molecule has 328 valence electrons. The lowest BCUT2D eigenvalue weighted by Gasteiger charge is -2.30. The van der Waals surface area contributed by atoms with Gasteiger partial charge in [-0.25, -0.2) is 14.5 Å². The number of rotatable bonds is 8. The van der Waals surface area contributed by atoms with E-state index in [1.54, 1.807) is 32.1 Å². The topological polar surface area (TPSA) is 194 Å². The second-order valence-electron chi connectivity index (χ2n) is 18.6. The van der Waals surface area contributed by atoms with Crippen LogP contribution in [0.15, 0.2) is 35.7 Å². The quantitative estimate of drug-likeness (QED) is 0.240. The van der Waals surface area contributed by atoms with E-state index in [9.17, 15) is 27.6 Å². The number of fused-ring (bicyclic) bond motifs is 3. The molecule has 1 aliphatic carbocycles. The normalized spacial score (nSPS) is 24.9. The van der Waals surface area contributed by atoms with Crippen molar-refractivity contribution >= 4 is 56.4 Å². The highest BCUT2D eigenvalue weighted by Crippen LogP contribution is 2.46. The molecule has 1 aromatic carbocycles. The van der Waals surface area contributed by atoms with Crippen LogP contribution >= 0.6 is 11.3 Å². The van der Waals surface area contributed by atoms with Crippen molar-refractivity contribution in [2.24, 2.45) is 5.92 Å². The Morgan fingerprint density at radius 2 is 1.80 bits per heavy atom. The summed E-state index contributed by atoms with van der Waals surface area (Å²) in [4.78, 5) is 67.5. The van der Waals surface area contributed by atoms with Crippen LogP contribution < -0.4 is 20.1 Å². The van der Waals surface area contributed by atoms with Crippen molar-refractivity contribution in [2.75, 3.05) is 20.6 Å². The Hall–Kier alpha value is -4.55. The number of benzene rings is 1. The molecule has 0 unspecified atom stereocenters. The fourth-order valence-electron chi connectivity index (χ4n) is 7.69. The number of hydrogen-bond donors (Lipinski definition) is 3. The van der Waals surface area contributed by atoms with Crippen molar-refractivity contribution in [3.05, 3.63) is 40.7 Å². The standard InChI is InChI=1S/C42H60N8O8S2/c1-25(2)50-31-20-16-18-28(30-24-59-37(43-30)40(3,4)5)33(31)45-38(50)57-27-21-32-34(51)46-42(36(53)47-60(55,56)48(9)10)22-26(42)17-14-12-11-13-15-19-29(35(52)49(32)23-27)44-39(54)58-41(6,7)8/h14,16-18,20,24-27,29,32H,11-13,15,19,21-23H2,1-10H3,(H,44,54)(H,46,51)(H,47,53)/b17-14-/t26-,27-,29+,32+,42-/m1/s1. The first kappa shape index (κ1) is 45.0. The number of nitrogens with zero attached hydrogens (tertiary/aromatic N) is 5. The van der Waals surface area contributed by atoms with Crippen molar-refractivity contribution in [2.45, 2.75) is 141 Å². The lowest BCUT2D eigenvalue weighted by atomic mass is 9.98. The lowest BCUT2D eigenvalue weighted by Crippen LogP contribution is -2.58. The highest BCUT2D eigenvalue weighted by atomic mass is 32.2. The third kappa shape index (κ3) is 9.81. The van der Waals surface area contributed by atoms with Crippen molar-refractivity contribution in [1.82, 2.24) is 39.1 Å². The Kier molecular flexibility index (Phi) is 12.8. The fraction of sp³-hybridized carbons (Fsp3) is 0.619. The Morgan fingerprint density at radius 3 is 2.45 bits per heavy atom. The number of aromatic nitrogens is 3. The number of thiazole rings is 1. The van der Waals surface area contributed by atoms with E-state index in [0.717, 1.165) is 38.9 Å². The first-order valence-corrected chi connectivity index (χ1v) is 23.0. The minimum atomic E-state index is -4.18. The molecule has 3 N–H and O–H groups in total. The van der Waals surface area contributed by atoms with Crippen LogP contribution in [-0.2, 0) is 34.7 Å². The number of nitrogens with one attached hydrogen (secondary N) is 3. The van der Waals surface area contributed by atoms with Crippen molar-refractivity contribution in [3.63, 3.8) is 0 Å². The van der Waals surface area contributed by atoms with Crippen molar-refractivity contribution < 1.29 is 37.1 Å². The summed E-state index contributed by atoms with van der Waals surface area (Å²) in [5.74, 6) is -2.49. The maximum Gasteiger partial charge on any atom is 0.408 e. The number of ether oxygens (including phenoxy) is 2. The van der Waals surface area contributed by atoms with Gasteiger partial charge in [-0.15, -0.1) is 11.3 Å². The predicted octanol–water partition coefficient (Wildman–Crippen LogP) is 5.60. The third-order valence-corrected chi connectivity index (χ3v) is 13.6. The summed E-state index contributed by atoms with van der Waals surface area (Å²) in [7, 11) is -1.59. The molecule has 3 aliphatic rings. The lowest BCUT2D eigenvalue weighted by molar-refractivity contribution is -0.141. The molecular weight excluding hydrogens is 809 g/mol. The monoisotopic (exact) mass is 868 g/mol. The molecular formula is C42H60N8O8S2. The number of hydrogen-bond acceptors (Lipinski definition) is 11. The first-order chi connectivity index (χ1) is 28.0. The van der Waals surface area contributed by atoms with E-state index < -0.39 is 69.3 Å². The molecule has 16 nitrogen and oxygen atoms in total. The Morgan fingerprint density at radius 1 is 1.07 bits per heavy atom. The molecule has 1 saturated carbocycles. The number of carbonyl (C=O) groups is 4. The van der Waals surface area contributed by atoms with Crippen LogP contribution in [0.5, 0.6) is 6.01 Å². The van der Waals surface area contributed by atoms with Gasteiger partial charge in [-0.1, -0.05) is 57.9 Å². The van der Waals surface area contributed by atoms with Gasteiger partial charge in [0.25, 0.3) is 11.9 Å². The molecule has 18 heteroatoms. The third-order valence-electron chi connectivity index (χ3n) is 10.9. The summed E-state index contributed by atoms with van der Waals surface area (Å²) in [6.45, 7) is 15.6. The van der Waals surface area contributed by atoms with Crippen LogP contribution in [0.2, 0.25) is 0 Å². The molecule has 3 aromatic rings. The van der Waals surface area contributed by atoms with Gasteiger partial charge < -0.3 is 25.0 Å². The van der Waals surface area contributed by atoms with E-state index in [0.29, 0.717) is 30.8 Å². The zero-order valence-electron chi connectivity index (χ0n) is 36.3. The molecule has 2 aliphatic heterocycles. The molecule has 4 heterocycles. The minimum Gasteiger partial charge on any atom is -0.459 e. The van der Waals surface area contributed by atoms with Gasteiger partial charge in [0.05, 0.1) is 22.8 Å². The van der Waals surface area contributed by atoms with Gasteiger partial charge in [0.1, 0.15) is 34.8 Å². The van der Waals surface area contributed by atoms with E-state index in [2.05, 4.69) is 36.1 Å². The smallest absolute Gasteiger partial charge is 0.408 e. The van der Waals surface area contributed by atoms with E-state index >= 15 is 0 Å². The van der Waals surface area contributed by atoms with Gasteiger partial charge in [-0.3, -0.25) is 19.0 Å². The molecule has 2 fully saturated rings. The number of amides is 4. The summed E-state index contributed by atoms with van der Waals surface area (Å²) < 4.78 is 42.8. The second-order valence-corrected chi connectivity index (χ2v) is 21.3. The average molecular weight is 869 g/mol. The van der Waals surface area contributed by atoms with Crippen LogP contribution in [0, 0.1) is 5.92 Å². The molecule has 1 saturated heterocycles.